The Kier molecular flexibility index (Phi) is 6.70. The summed E-state index contributed by atoms with van der Waals surface area (Å²) in [6.07, 6.45) is 1.46. The lowest BCUT2D eigenvalue weighted by molar-refractivity contribution is -0.142. The third kappa shape index (κ3) is 6.06. The summed E-state index contributed by atoms with van der Waals surface area (Å²) in [5.41, 5.74) is 5.37. The van der Waals surface area contributed by atoms with Crippen LogP contribution in [0.3, 0.4) is 0 Å². The van der Waals surface area contributed by atoms with Gasteiger partial charge >= 0.3 is 5.97 Å². The smallest absolute Gasteiger partial charge is 0.326 e. The van der Waals surface area contributed by atoms with Crippen LogP contribution in [0, 0.1) is 5.92 Å². The summed E-state index contributed by atoms with van der Waals surface area (Å²) in [6.45, 7) is 4.17. The Bertz CT molecular complexity index is 219. The van der Waals surface area contributed by atoms with Crippen molar-refractivity contribution < 1.29 is 14.7 Å². The molecule has 0 aromatic heterocycles. The summed E-state index contributed by atoms with van der Waals surface area (Å²) in [5, 5.41) is 11.3. The molecule has 0 radical (unpaired) electrons. The van der Waals surface area contributed by atoms with Crippen molar-refractivity contribution in [3.05, 3.63) is 0 Å². The molecule has 0 saturated heterocycles. The highest BCUT2D eigenvalue weighted by atomic mass is 16.4. The maximum atomic E-state index is 11.4. The fraction of sp³-hybridized carbons (Fsp3) is 0.800. The van der Waals surface area contributed by atoms with Crippen molar-refractivity contribution in [2.24, 2.45) is 11.7 Å². The zero-order chi connectivity index (χ0) is 11.8. The maximum Gasteiger partial charge on any atom is 0.326 e. The van der Waals surface area contributed by atoms with Crippen LogP contribution in [0.15, 0.2) is 0 Å². The molecule has 0 rings (SSSR count). The molecule has 0 aromatic rings. The van der Waals surface area contributed by atoms with Crippen LogP contribution in [0.2, 0.25) is 0 Å². The van der Waals surface area contributed by atoms with Crippen LogP contribution in [-0.4, -0.2) is 29.6 Å². The Balaban J connectivity index is 4.05. The number of carboxylic acids is 1. The number of carboxylic acid groups (broad SMARTS) is 1. The molecule has 5 heteroatoms. The lowest BCUT2D eigenvalue weighted by Crippen LogP contribution is -2.41. The summed E-state index contributed by atoms with van der Waals surface area (Å²) in [7, 11) is 0. The van der Waals surface area contributed by atoms with Crippen LogP contribution in [-0.2, 0) is 9.59 Å². The monoisotopic (exact) mass is 216 g/mol. The summed E-state index contributed by atoms with van der Waals surface area (Å²) in [5.74, 6) is -1.14. The maximum absolute atomic E-state index is 11.4. The van der Waals surface area contributed by atoms with E-state index in [9.17, 15) is 9.59 Å². The number of carbonyl (C=O) groups excluding carboxylic acids is 1. The van der Waals surface area contributed by atoms with Gasteiger partial charge in [-0.2, -0.15) is 0 Å². The minimum atomic E-state index is -0.981. The van der Waals surface area contributed by atoms with Crippen molar-refractivity contribution in [3.63, 3.8) is 0 Å². The molecule has 0 aliphatic heterocycles. The predicted molar refractivity (Wildman–Crippen MR) is 57.3 cm³/mol. The van der Waals surface area contributed by atoms with Crippen molar-refractivity contribution in [1.82, 2.24) is 5.32 Å². The Hall–Kier alpha value is -1.10. The van der Waals surface area contributed by atoms with Crippen molar-refractivity contribution in [1.29, 1.82) is 0 Å². The zero-order valence-corrected chi connectivity index (χ0v) is 9.32. The molecule has 0 saturated carbocycles. The van der Waals surface area contributed by atoms with Gasteiger partial charge < -0.3 is 16.2 Å². The molecule has 1 amide bonds. The highest BCUT2D eigenvalue weighted by molar-refractivity contribution is 5.83. The Morgan fingerprint density at radius 3 is 2.47 bits per heavy atom. The van der Waals surface area contributed by atoms with E-state index in [1.165, 1.54) is 0 Å². The van der Waals surface area contributed by atoms with Crippen LogP contribution in [0.25, 0.3) is 0 Å². The Morgan fingerprint density at radius 1 is 1.47 bits per heavy atom. The number of rotatable bonds is 7. The molecule has 88 valence electrons. The average molecular weight is 216 g/mol. The molecule has 2 atom stereocenters. The van der Waals surface area contributed by atoms with Gasteiger partial charge in [0.25, 0.3) is 0 Å². The first kappa shape index (κ1) is 13.9. The number of hydrogen-bond acceptors (Lipinski definition) is 3. The number of nitrogens with one attached hydrogen (secondary N) is 1. The second-order valence-corrected chi connectivity index (χ2v) is 3.79. The number of nitrogens with two attached hydrogens (primary N) is 1. The van der Waals surface area contributed by atoms with Crippen LogP contribution in [0.5, 0.6) is 0 Å². The molecule has 0 aromatic carbocycles. The normalized spacial score (nSPS) is 14.3. The lowest BCUT2D eigenvalue weighted by atomic mass is 10.1. The molecule has 15 heavy (non-hydrogen) atoms. The van der Waals surface area contributed by atoms with Gasteiger partial charge in [-0.05, 0) is 18.9 Å². The Morgan fingerprint density at radius 2 is 2.07 bits per heavy atom. The zero-order valence-electron chi connectivity index (χ0n) is 9.32. The van der Waals surface area contributed by atoms with E-state index in [0.717, 1.165) is 6.42 Å². The van der Waals surface area contributed by atoms with Gasteiger partial charge in [0.05, 0.1) is 0 Å². The van der Waals surface area contributed by atoms with Gasteiger partial charge in [0.2, 0.25) is 5.91 Å². The average Bonchev–Trinajstić information content (AvgIpc) is 2.16. The Labute approximate surface area is 90.0 Å². The van der Waals surface area contributed by atoms with Gasteiger partial charge in [-0.3, -0.25) is 4.79 Å². The largest absolute Gasteiger partial charge is 0.480 e. The number of amides is 1. The first-order valence-corrected chi connectivity index (χ1v) is 5.23. The summed E-state index contributed by atoms with van der Waals surface area (Å²) in [4.78, 5) is 22.1. The van der Waals surface area contributed by atoms with Gasteiger partial charge in [-0.15, -0.1) is 0 Å². The third-order valence-electron chi connectivity index (χ3n) is 2.15. The van der Waals surface area contributed by atoms with Crippen LogP contribution in [0.4, 0.5) is 0 Å². The van der Waals surface area contributed by atoms with Crippen molar-refractivity contribution >= 4 is 11.9 Å². The predicted octanol–water partition coefficient (Wildman–Crippen LogP) is 0.341. The molecule has 0 fully saturated rings. The standard InChI is InChI=1S/C10H20N2O3/c1-3-4-8(10(14)15)12-9(13)5-7(2)6-11/h7-8H,3-6,11H2,1-2H3,(H,12,13)(H,14,15)/t7?,8-/m1/s1. The molecule has 0 bridgehead atoms. The molecule has 0 aliphatic rings. The molecule has 0 spiro atoms. The number of carbonyl (C=O) groups is 2. The first-order valence-electron chi connectivity index (χ1n) is 5.23. The lowest BCUT2D eigenvalue weighted by Gasteiger charge is -2.15. The summed E-state index contributed by atoms with van der Waals surface area (Å²) in [6, 6.07) is -0.771. The minimum absolute atomic E-state index is 0.0843. The van der Waals surface area contributed by atoms with E-state index in [1.807, 2.05) is 13.8 Å². The van der Waals surface area contributed by atoms with Crippen molar-refractivity contribution in [2.45, 2.75) is 39.2 Å². The second-order valence-electron chi connectivity index (χ2n) is 3.79. The van der Waals surface area contributed by atoms with Gasteiger partial charge in [0.1, 0.15) is 6.04 Å². The fourth-order valence-electron chi connectivity index (χ4n) is 1.20. The molecule has 1 unspecified atom stereocenters. The van der Waals surface area contributed by atoms with E-state index in [-0.39, 0.29) is 18.2 Å². The first-order chi connectivity index (χ1) is 7.01. The quantitative estimate of drug-likeness (QED) is 0.572. The molecular weight excluding hydrogens is 196 g/mol. The van der Waals surface area contributed by atoms with E-state index in [2.05, 4.69) is 5.32 Å². The van der Waals surface area contributed by atoms with Crippen LogP contribution in [0.1, 0.15) is 33.1 Å². The number of hydrogen-bond donors (Lipinski definition) is 3. The van der Waals surface area contributed by atoms with Gasteiger partial charge in [-0.1, -0.05) is 20.3 Å². The van der Waals surface area contributed by atoms with Gasteiger partial charge in [-0.25, -0.2) is 4.79 Å². The highest BCUT2D eigenvalue weighted by Crippen LogP contribution is 2.01. The molecule has 0 aliphatic carbocycles. The van der Waals surface area contributed by atoms with E-state index in [1.54, 1.807) is 0 Å². The summed E-state index contributed by atoms with van der Waals surface area (Å²) >= 11 is 0. The molecule has 5 nitrogen and oxygen atoms in total. The SMILES string of the molecule is CCC[C@@H](NC(=O)CC(C)CN)C(=O)O. The van der Waals surface area contributed by atoms with E-state index >= 15 is 0 Å². The number of aliphatic carboxylic acids is 1. The molecule has 4 N–H and O–H groups in total. The van der Waals surface area contributed by atoms with E-state index < -0.39 is 12.0 Å². The van der Waals surface area contributed by atoms with Crippen LogP contribution >= 0.6 is 0 Å². The third-order valence-corrected chi connectivity index (χ3v) is 2.15. The van der Waals surface area contributed by atoms with Gasteiger partial charge in [0.15, 0.2) is 0 Å². The summed E-state index contributed by atoms with van der Waals surface area (Å²) < 4.78 is 0. The minimum Gasteiger partial charge on any atom is -0.480 e. The highest BCUT2D eigenvalue weighted by Gasteiger charge is 2.19. The van der Waals surface area contributed by atoms with Crippen LogP contribution < -0.4 is 11.1 Å². The molecular formula is C10H20N2O3. The fourth-order valence-corrected chi connectivity index (χ4v) is 1.20. The van der Waals surface area contributed by atoms with Crippen molar-refractivity contribution in [2.75, 3.05) is 6.54 Å². The van der Waals surface area contributed by atoms with E-state index in [4.69, 9.17) is 10.8 Å². The molecule has 0 heterocycles. The van der Waals surface area contributed by atoms with Crippen molar-refractivity contribution in [3.8, 4) is 0 Å². The topological polar surface area (TPSA) is 92.4 Å². The second kappa shape index (κ2) is 7.23. The van der Waals surface area contributed by atoms with Gasteiger partial charge in [0, 0.05) is 6.42 Å². The van der Waals surface area contributed by atoms with E-state index in [0.29, 0.717) is 13.0 Å².